The van der Waals surface area contributed by atoms with Gasteiger partial charge in [0.15, 0.2) is 0 Å². The van der Waals surface area contributed by atoms with E-state index in [-0.39, 0.29) is 37.6 Å². The molecule has 0 aromatic heterocycles. The Kier molecular flexibility index (Phi) is 7.63. The molecule has 0 saturated carbocycles. The minimum absolute atomic E-state index is 0.209. The van der Waals surface area contributed by atoms with Gasteiger partial charge in [-0.3, -0.25) is 14.3 Å². The SMILES string of the molecule is CCOP(=O)(CN1C(=O)C=C(C)C1(OC(C)C)OC(C)C)OCC. The zero-order valence-corrected chi connectivity index (χ0v) is 16.6. The summed E-state index contributed by atoms with van der Waals surface area (Å²) in [5.41, 5.74) is 0.606. The maximum Gasteiger partial charge on any atom is 0.350 e. The van der Waals surface area contributed by atoms with Crippen LogP contribution in [0.4, 0.5) is 0 Å². The lowest BCUT2D eigenvalue weighted by Gasteiger charge is -2.42. The molecule has 140 valence electrons. The van der Waals surface area contributed by atoms with E-state index in [4.69, 9.17) is 18.5 Å². The zero-order chi connectivity index (χ0) is 18.5. The van der Waals surface area contributed by atoms with Crippen molar-refractivity contribution < 1.29 is 27.9 Å². The lowest BCUT2D eigenvalue weighted by molar-refractivity contribution is -0.302. The van der Waals surface area contributed by atoms with Crippen molar-refractivity contribution in [3.8, 4) is 0 Å². The number of ether oxygens (including phenoxy) is 2. The third-order valence-corrected chi connectivity index (χ3v) is 5.15. The van der Waals surface area contributed by atoms with Crippen LogP contribution in [-0.4, -0.2) is 48.4 Å². The van der Waals surface area contributed by atoms with Crippen molar-refractivity contribution in [2.75, 3.05) is 19.5 Å². The summed E-state index contributed by atoms with van der Waals surface area (Å²) in [6.45, 7) is 13.1. The Morgan fingerprint density at radius 2 is 1.54 bits per heavy atom. The Morgan fingerprint density at radius 3 is 1.92 bits per heavy atom. The summed E-state index contributed by atoms with van der Waals surface area (Å²) in [7, 11) is -3.49. The van der Waals surface area contributed by atoms with Gasteiger partial charge in [-0.05, 0) is 48.5 Å². The van der Waals surface area contributed by atoms with Gasteiger partial charge >= 0.3 is 7.60 Å². The standard InChI is InChI=1S/C16H30NO6P/c1-8-20-24(19,21-9-2)11-17-15(18)10-14(7)16(17,22-12(3)4)23-13(5)6/h10,12-13H,8-9,11H2,1-7H3. The fourth-order valence-corrected chi connectivity index (χ4v) is 4.24. The smallest absolute Gasteiger partial charge is 0.326 e. The quantitative estimate of drug-likeness (QED) is 0.437. The van der Waals surface area contributed by atoms with Crippen molar-refractivity contribution >= 4 is 13.5 Å². The molecule has 1 amide bonds. The summed E-state index contributed by atoms with van der Waals surface area (Å²) in [5, 5.41) is 0. The van der Waals surface area contributed by atoms with Crippen LogP contribution in [0.3, 0.4) is 0 Å². The molecule has 0 N–H and O–H groups in total. The van der Waals surface area contributed by atoms with Crippen molar-refractivity contribution in [3.63, 3.8) is 0 Å². The number of hydrogen-bond donors (Lipinski definition) is 0. The van der Waals surface area contributed by atoms with E-state index in [1.54, 1.807) is 20.8 Å². The highest BCUT2D eigenvalue weighted by molar-refractivity contribution is 7.53. The topological polar surface area (TPSA) is 74.3 Å². The number of rotatable bonds is 10. The molecule has 0 fully saturated rings. The van der Waals surface area contributed by atoms with Crippen molar-refractivity contribution in [2.24, 2.45) is 0 Å². The fraction of sp³-hybridized carbons (Fsp3) is 0.812. The maximum absolute atomic E-state index is 12.9. The zero-order valence-electron chi connectivity index (χ0n) is 15.7. The van der Waals surface area contributed by atoms with Gasteiger partial charge in [-0.15, -0.1) is 0 Å². The molecule has 0 saturated heterocycles. The molecule has 8 heteroatoms. The van der Waals surface area contributed by atoms with Gasteiger partial charge in [-0.1, -0.05) is 0 Å². The van der Waals surface area contributed by atoms with Gasteiger partial charge in [0.1, 0.15) is 6.29 Å². The summed E-state index contributed by atoms with van der Waals surface area (Å²) in [5.74, 6) is -1.74. The van der Waals surface area contributed by atoms with Crippen LogP contribution in [0.5, 0.6) is 0 Å². The highest BCUT2D eigenvalue weighted by atomic mass is 31.2. The minimum atomic E-state index is -3.49. The molecule has 0 aromatic rings. The molecule has 1 heterocycles. The third-order valence-electron chi connectivity index (χ3n) is 3.22. The molecule has 1 rings (SSSR count). The molecule has 0 unspecified atom stereocenters. The molecule has 1 aliphatic heterocycles. The van der Waals surface area contributed by atoms with E-state index in [0.29, 0.717) is 5.57 Å². The van der Waals surface area contributed by atoms with E-state index in [9.17, 15) is 9.36 Å². The summed E-state index contributed by atoms with van der Waals surface area (Å²) < 4.78 is 35.5. The fourth-order valence-electron chi connectivity index (χ4n) is 2.54. The Morgan fingerprint density at radius 1 is 1.08 bits per heavy atom. The van der Waals surface area contributed by atoms with Crippen molar-refractivity contribution in [3.05, 3.63) is 11.6 Å². The van der Waals surface area contributed by atoms with Crippen molar-refractivity contribution in [1.29, 1.82) is 0 Å². The first-order valence-electron chi connectivity index (χ1n) is 8.34. The van der Waals surface area contributed by atoms with E-state index in [1.165, 1.54) is 11.0 Å². The summed E-state index contributed by atoms with van der Waals surface area (Å²) >= 11 is 0. The van der Waals surface area contributed by atoms with Gasteiger partial charge in [0, 0.05) is 11.6 Å². The first-order chi connectivity index (χ1) is 11.1. The number of hydrogen-bond acceptors (Lipinski definition) is 6. The van der Waals surface area contributed by atoms with Crippen molar-refractivity contribution in [2.45, 2.75) is 66.6 Å². The number of amides is 1. The van der Waals surface area contributed by atoms with Crippen LogP contribution in [0.15, 0.2) is 11.6 Å². The second-order valence-corrected chi connectivity index (χ2v) is 8.12. The van der Waals surface area contributed by atoms with Crippen LogP contribution in [-0.2, 0) is 27.9 Å². The Labute approximate surface area is 144 Å². The van der Waals surface area contributed by atoms with Crippen LogP contribution in [0, 0.1) is 0 Å². The summed E-state index contributed by atoms with van der Waals surface area (Å²) in [4.78, 5) is 13.8. The lowest BCUT2D eigenvalue weighted by atomic mass is 10.2. The van der Waals surface area contributed by atoms with Crippen LogP contribution < -0.4 is 0 Å². The van der Waals surface area contributed by atoms with E-state index < -0.39 is 13.5 Å². The molecular weight excluding hydrogens is 333 g/mol. The van der Waals surface area contributed by atoms with E-state index in [0.717, 1.165) is 0 Å². The number of carbonyl (C=O) groups excluding carboxylic acids is 1. The Balaban J connectivity index is 3.24. The molecule has 1 aliphatic rings. The van der Waals surface area contributed by atoms with Gasteiger partial charge < -0.3 is 18.5 Å². The van der Waals surface area contributed by atoms with Crippen LogP contribution in [0.1, 0.15) is 48.5 Å². The largest absolute Gasteiger partial charge is 0.350 e. The van der Waals surface area contributed by atoms with Gasteiger partial charge in [0.25, 0.3) is 11.8 Å². The molecule has 24 heavy (non-hydrogen) atoms. The number of nitrogens with zero attached hydrogens (tertiary/aromatic N) is 1. The predicted molar refractivity (Wildman–Crippen MR) is 91.5 cm³/mol. The minimum Gasteiger partial charge on any atom is -0.326 e. The highest BCUT2D eigenvalue weighted by Gasteiger charge is 2.52. The normalized spacial score (nSPS) is 18.0. The van der Waals surface area contributed by atoms with E-state index in [1.807, 2.05) is 27.7 Å². The van der Waals surface area contributed by atoms with E-state index >= 15 is 0 Å². The van der Waals surface area contributed by atoms with Gasteiger partial charge in [-0.2, -0.15) is 0 Å². The van der Waals surface area contributed by atoms with Gasteiger partial charge in [0.2, 0.25) is 0 Å². The van der Waals surface area contributed by atoms with Crippen LogP contribution in [0.2, 0.25) is 0 Å². The molecule has 7 nitrogen and oxygen atoms in total. The molecule has 0 aromatic carbocycles. The predicted octanol–water partition coefficient (Wildman–Crippen LogP) is 3.50. The molecular formula is C16H30NO6P. The first-order valence-corrected chi connectivity index (χ1v) is 10.1. The number of carbonyl (C=O) groups is 1. The molecule has 0 aliphatic carbocycles. The average molecular weight is 363 g/mol. The Hall–Kier alpha value is -0.720. The van der Waals surface area contributed by atoms with Gasteiger partial charge in [-0.25, -0.2) is 0 Å². The van der Waals surface area contributed by atoms with Crippen LogP contribution in [0.25, 0.3) is 0 Å². The third kappa shape index (κ3) is 4.90. The molecule has 0 bridgehead atoms. The van der Waals surface area contributed by atoms with Gasteiger partial charge in [0.05, 0.1) is 25.4 Å². The Bertz CT molecular complexity index is 497. The molecule has 0 radical (unpaired) electrons. The van der Waals surface area contributed by atoms with Crippen molar-refractivity contribution in [1.82, 2.24) is 4.90 Å². The highest BCUT2D eigenvalue weighted by Crippen LogP contribution is 2.51. The second-order valence-electron chi connectivity index (χ2n) is 6.10. The van der Waals surface area contributed by atoms with Crippen LogP contribution >= 0.6 is 7.60 Å². The monoisotopic (exact) mass is 363 g/mol. The molecule has 0 spiro atoms. The second kappa shape index (κ2) is 8.59. The maximum atomic E-state index is 12.9. The van der Waals surface area contributed by atoms with E-state index in [2.05, 4.69) is 0 Å². The summed E-state index contributed by atoms with van der Waals surface area (Å²) in [6.07, 6.45) is 0.784. The first kappa shape index (κ1) is 21.3. The molecule has 0 atom stereocenters. The average Bonchev–Trinajstić information content (AvgIpc) is 2.62. The summed E-state index contributed by atoms with van der Waals surface area (Å²) in [6, 6.07) is 0. The lowest BCUT2D eigenvalue weighted by Crippen LogP contribution is -2.54.